The highest BCUT2D eigenvalue weighted by molar-refractivity contribution is 6.33. The maximum absolute atomic E-state index is 11.6. The van der Waals surface area contributed by atoms with Gasteiger partial charge in [0, 0.05) is 6.54 Å². The van der Waals surface area contributed by atoms with Gasteiger partial charge in [0.25, 0.3) is 0 Å². The maximum Gasteiger partial charge on any atom is 0.522 e. The molecule has 0 aromatic heterocycles. The van der Waals surface area contributed by atoms with E-state index in [2.05, 4.69) is 10.1 Å². The number of benzene rings is 1. The third kappa shape index (κ3) is 4.72. The molecule has 0 aliphatic rings. The van der Waals surface area contributed by atoms with E-state index in [1.165, 1.54) is 0 Å². The molecule has 0 heterocycles. The van der Waals surface area contributed by atoms with Crippen molar-refractivity contribution in [3.63, 3.8) is 0 Å². The highest BCUT2D eigenvalue weighted by Gasteiger charge is 2.28. The van der Waals surface area contributed by atoms with Gasteiger partial charge in [-0.3, -0.25) is 4.74 Å². The predicted molar refractivity (Wildman–Crippen MR) is 56.7 cm³/mol. The third-order valence-corrected chi connectivity index (χ3v) is 2.12. The number of ether oxygens (including phenoxy) is 1. The summed E-state index contributed by atoms with van der Waals surface area (Å²) in [6.07, 6.45) is -4.58. The summed E-state index contributed by atoms with van der Waals surface area (Å²) in [5, 5.41) is 3.23. The molecule has 1 N–H and O–H groups in total. The molecule has 0 saturated heterocycles. The fourth-order valence-corrected chi connectivity index (χ4v) is 1.42. The summed E-state index contributed by atoms with van der Waals surface area (Å²) < 4.78 is 38.5. The van der Waals surface area contributed by atoms with Crippen LogP contribution in [-0.2, 0) is 4.74 Å². The highest BCUT2D eigenvalue weighted by atomic mass is 35.5. The van der Waals surface area contributed by atoms with Crippen molar-refractivity contribution in [2.75, 3.05) is 18.5 Å². The molecular weight excluding hydrogens is 243 g/mol. The van der Waals surface area contributed by atoms with Crippen molar-refractivity contribution in [2.24, 2.45) is 0 Å². The zero-order chi connectivity index (χ0) is 12.2. The zero-order valence-electron chi connectivity index (χ0n) is 8.57. The summed E-state index contributed by atoms with van der Waals surface area (Å²) in [5.41, 5.74) is 1.58. The smallest absolute Gasteiger partial charge is 0.382 e. The number of hydrogen-bond acceptors (Lipinski definition) is 2. The van der Waals surface area contributed by atoms with E-state index in [0.29, 0.717) is 10.7 Å². The topological polar surface area (TPSA) is 21.3 Å². The van der Waals surface area contributed by atoms with Crippen molar-refractivity contribution in [1.82, 2.24) is 0 Å². The molecule has 0 spiro atoms. The fraction of sp³-hybridized carbons (Fsp3) is 0.400. The van der Waals surface area contributed by atoms with Gasteiger partial charge in [-0.15, -0.1) is 13.2 Å². The standard InChI is InChI=1S/C10H11ClF3NO/c1-7-2-3-9(8(11)6-7)15-4-5-16-10(12,13)14/h2-3,6,15H,4-5H2,1H3. The van der Waals surface area contributed by atoms with Crippen molar-refractivity contribution < 1.29 is 17.9 Å². The number of halogens is 4. The van der Waals surface area contributed by atoms with Crippen molar-refractivity contribution in [3.05, 3.63) is 28.8 Å². The number of nitrogens with one attached hydrogen (secondary N) is 1. The Hall–Kier alpha value is -0.940. The minimum atomic E-state index is -4.58. The highest BCUT2D eigenvalue weighted by Crippen LogP contribution is 2.22. The van der Waals surface area contributed by atoms with E-state index >= 15 is 0 Å². The van der Waals surface area contributed by atoms with Crippen LogP contribution in [0.15, 0.2) is 18.2 Å². The van der Waals surface area contributed by atoms with Crippen LogP contribution >= 0.6 is 11.6 Å². The van der Waals surface area contributed by atoms with Gasteiger partial charge in [0.2, 0.25) is 0 Å². The molecular formula is C10H11ClF3NO. The Balaban J connectivity index is 2.38. The maximum atomic E-state index is 11.6. The molecule has 0 aliphatic heterocycles. The summed E-state index contributed by atoms with van der Waals surface area (Å²) in [5.74, 6) is 0. The fourth-order valence-electron chi connectivity index (χ4n) is 1.12. The lowest BCUT2D eigenvalue weighted by Gasteiger charge is -2.10. The molecule has 2 nitrogen and oxygen atoms in total. The molecule has 90 valence electrons. The van der Waals surface area contributed by atoms with Crippen molar-refractivity contribution in [2.45, 2.75) is 13.3 Å². The molecule has 0 bridgehead atoms. The summed E-state index contributed by atoms with van der Waals surface area (Å²) in [7, 11) is 0. The first-order valence-corrected chi connectivity index (χ1v) is 4.97. The zero-order valence-corrected chi connectivity index (χ0v) is 9.32. The number of alkyl halides is 3. The Bertz CT molecular complexity index is 354. The van der Waals surface area contributed by atoms with Crippen molar-refractivity contribution >= 4 is 17.3 Å². The normalized spacial score (nSPS) is 11.6. The molecule has 0 saturated carbocycles. The predicted octanol–water partition coefficient (Wildman–Crippen LogP) is 3.60. The van der Waals surface area contributed by atoms with E-state index in [1.807, 2.05) is 13.0 Å². The molecule has 6 heteroatoms. The van der Waals surface area contributed by atoms with Crippen molar-refractivity contribution in [1.29, 1.82) is 0 Å². The quantitative estimate of drug-likeness (QED) is 0.828. The Labute approximate surface area is 96.4 Å². The average molecular weight is 254 g/mol. The van der Waals surface area contributed by atoms with E-state index in [1.54, 1.807) is 12.1 Å². The molecule has 0 fully saturated rings. The first-order valence-electron chi connectivity index (χ1n) is 4.59. The van der Waals surface area contributed by atoms with E-state index < -0.39 is 13.0 Å². The Kier molecular flexibility index (Phi) is 4.44. The number of hydrogen-bond donors (Lipinski definition) is 1. The van der Waals surface area contributed by atoms with E-state index in [-0.39, 0.29) is 6.54 Å². The summed E-state index contributed by atoms with van der Waals surface area (Å²) in [4.78, 5) is 0. The van der Waals surface area contributed by atoms with Crippen molar-refractivity contribution in [3.8, 4) is 0 Å². The van der Waals surface area contributed by atoms with Gasteiger partial charge in [-0.2, -0.15) is 0 Å². The number of anilines is 1. The van der Waals surface area contributed by atoms with Gasteiger partial charge < -0.3 is 5.32 Å². The van der Waals surface area contributed by atoms with Gasteiger partial charge in [0.1, 0.15) is 0 Å². The van der Waals surface area contributed by atoms with Crippen LogP contribution in [-0.4, -0.2) is 19.5 Å². The second kappa shape index (κ2) is 5.41. The van der Waals surface area contributed by atoms with E-state index in [4.69, 9.17) is 11.6 Å². The molecule has 0 radical (unpaired) electrons. The first-order chi connectivity index (χ1) is 7.38. The molecule has 0 atom stereocenters. The minimum Gasteiger partial charge on any atom is -0.382 e. The first kappa shape index (κ1) is 13.1. The minimum absolute atomic E-state index is 0.0439. The monoisotopic (exact) mass is 253 g/mol. The van der Waals surface area contributed by atoms with Crippen LogP contribution in [0, 0.1) is 6.92 Å². The summed E-state index contributed by atoms with van der Waals surface area (Å²) >= 11 is 5.87. The Morgan fingerprint density at radius 2 is 2.06 bits per heavy atom. The SMILES string of the molecule is Cc1ccc(NCCOC(F)(F)F)c(Cl)c1. The molecule has 0 aliphatic carbocycles. The lowest BCUT2D eigenvalue weighted by Crippen LogP contribution is -2.19. The average Bonchev–Trinajstić information content (AvgIpc) is 2.13. The summed E-state index contributed by atoms with van der Waals surface area (Å²) in [6, 6.07) is 5.26. The van der Waals surface area contributed by atoms with Crippen LogP contribution in [0.4, 0.5) is 18.9 Å². The van der Waals surface area contributed by atoms with Gasteiger partial charge in [-0.05, 0) is 24.6 Å². The number of aryl methyl sites for hydroxylation is 1. The Morgan fingerprint density at radius 1 is 1.38 bits per heavy atom. The lowest BCUT2D eigenvalue weighted by molar-refractivity contribution is -0.322. The van der Waals surface area contributed by atoms with Crippen LogP contribution in [0.2, 0.25) is 5.02 Å². The van der Waals surface area contributed by atoms with Gasteiger partial charge >= 0.3 is 6.36 Å². The molecule has 1 aromatic rings. The third-order valence-electron chi connectivity index (χ3n) is 1.81. The van der Waals surface area contributed by atoms with E-state index in [0.717, 1.165) is 5.56 Å². The van der Waals surface area contributed by atoms with Crippen LogP contribution in [0.3, 0.4) is 0 Å². The van der Waals surface area contributed by atoms with Crippen LogP contribution < -0.4 is 5.32 Å². The molecule has 0 unspecified atom stereocenters. The lowest BCUT2D eigenvalue weighted by atomic mass is 10.2. The Morgan fingerprint density at radius 3 is 2.62 bits per heavy atom. The van der Waals surface area contributed by atoms with Crippen LogP contribution in [0.5, 0.6) is 0 Å². The van der Waals surface area contributed by atoms with Gasteiger partial charge in [0.05, 0.1) is 17.3 Å². The van der Waals surface area contributed by atoms with Gasteiger partial charge in [0.15, 0.2) is 0 Å². The molecule has 1 rings (SSSR count). The molecule has 0 amide bonds. The van der Waals surface area contributed by atoms with Crippen LogP contribution in [0.1, 0.15) is 5.56 Å². The molecule has 1 aromatic carbocycles. The second-order valence-electron chi connectivity index (χ2n) is 3.20. The second-order valence-corrected chi connectivity index (χ2v) is 3.61. The van der Waals surface area contributed by atoms with E-state index in [9.17, 15) is 13.2 Å². The van der Waals surface area contributed by atoms with Crippen LogP contribution in [0.25, 0.3) is 0 Å². The summed E-state index contributed by atoms with van der Waals surface area (Å²) in [6.45, 7) is 1.47. The van der Waals surface area contributed by atoms with Gasteiger partial charge in [-0.25, -0.2) is 0 Å². The molecule has 16 heavy (non-hydrogen) atoms. The van der Waals surface area contributed by atoms with Gasteiger partial charge in [-0.1, -0.05) is 17.7 Å². The number of rotatable bonds is 4. The largest absolute Gasteiger partial charge is 0.522 e.